The van der Waals surface area contributed by atoms with Gasteiger partial charge in [-0.3, -0.25) is 4.90 Å². The van der Waals surface area contributed by atoms with Gasteiger partial charge in [0.1, 0.15) is 5.60 Å². The summed E-state index contributed by atoms with van der Waals surface area (Å²) in [6.45, 7) is 7.57. The Labute approximate surface area is 126 Å². The first kappa shape index (κ1) is 14.4. The monoisotopic (exact) mass is 288 g/mol. The van der Waals surface area contributed by atoms with Crippen LogP contribution in [0.1, 0.15) is 30.9 Å². The zero-order valence-electron chi connectivity index (χ0n) is 12.9. The van der Waals surface area contributed by atoms with Crippen LogP contribution in [0.3, 0.4) is 0 Å². The molecule has 3 rings (SSSR count). The fraction of sp³-hybridized carbons (Fsp3) is 0.588. The second-order valence-electron chi connectivity index (χ2n) is 6.49. The first-order chi connectivity index (χ1) is 10.1. The molecule has 4 nitrogen and oxygen atoms in total. The largest absolute Gasteiger partial charge is 0.441 e. The molecular weight excluding hydrogens is 264 g/mol. The molecule has 114 valence electrons. The number of carbonyl (C=O) groups excluding carboxylic acids is 1. The Bertz CT molecular complexity index is 525. The molecule has 0 aromatic heterocycles. The molecule has 2 saturated heterocycles. The molecule has 0 aliphatic carbocycles. The Morgan fingerprint density at radius 1 is 1.33 bits per heavy atom. The molecular formula is C17H24N2O2. The number of carbonyl (C=O) groups is 1. The van der Waals surface area contributed by atoms with Crippen LogP contribution in [0.5, 0.6) is 0 Å². The summed E-state index contributed by atoms with van der Waals surface area (Å²) < 4.78 is 5.77. The average Bonchev–Trinajstić information content (AvgIpc) is 2.78. The van der Waals surface area contributed by atoms with Crippen LogP contribution < -0.4 is 5.32 Å². The van der Waals surface area contributed by atoms with Crippen LogP contribution in [0.2, 0.25) is 0 Å². The van der Waals surface area contributed by atoms with Gasteiger partial charge < -0.3 is 10.1 Å². The quantitative estimate of drug-likeness (QED) is 0.930. The number of ether oxygens (including phenoxy) is 1. The Balaban J connectivity index is 1.71. The van der Waals surface area contributed by atoms with Crippen molar-refractivity contribution in [1.82, 2.24) is 10.2 Å². The van der Waals surface area contributed by atoms with Gasteiger partial charge in [0.25, 0.3) is 0 Å². The van der Waals surface area contributed by atoms with Crippen LogP contribution in [0.15, 0.2) is 24.3 Å². The van der Waals surface area contributed by atoms with E-state index in [2.05, 4.69) is 31.3 Å². The first-order valence-corrected chi connectivity index (χ1v) is 7.82. The molecule has 21 heavy (non-hydrogen) atoms. The molecule has 0 radical (unpaired) electrons. The van der Waals surface area contributed by atoms with E-state index in [1.807, 2.05) is 17.0 Å². The number of aryl methyl sites for hydroxylation is 1. The Kier molecular flexibility index (Phi) is 3.89. The third-order valence-corrected chi connectivity index (χ3v) is 4.91. The third-order valence-electron chi connectivity index (χ3n) is 4.91. The zero-order chi connectivity index (χ0) is 14.9. The number of nitrogens with one attached hydrogen (secondary N) is 1. The number of hydrogen-bond acceptors (Lipinski definition) is 3. The van der Waals surface area contributed by atoms with Crippen molar-refractivity contribution in [3.63, 3.8) is 0 Å². The van der Waals surface area contributed by atoms with Crippen molar-refractivity contribution in [3.05, 3.63) is 35.4 Å². The predicted octanol–water partition coefficient (Wildman–Crippen LogP) is 2.71. The minimum Gasteiger partial charge on any atom is -0.441 e. The minimum atomic E-state index is -0.331. The molecule has 2 heterocycles. The molecule has 1 aromatic rings. The van der Waals surface area contributed by atoms with Crippen LogP contribution in [-0.4, -0.2) is 36.2 Å². The molecule has 0 saturated carbocycles. The first-order valence-electron chi connectivity index (χ1n) is 7.82. The Hall–Kier alpha value is -1.55. The fourth-order valence-electron chi connectivity index (χ4n) is 3.50. The summed E-state index contributed by atoms with van der Waals surface area (Å²) in [4.78, 5) is 14.1. The van der Waals surface area contributed by atoms with Gasteiger partial charge in [-0.2, -0.15) is 0 Å². The molecule has 2 fully saturated rings. The normalized spacial score (nSPS) is 27.0. The van der Waals surface area contributed by atoms with Crippen molar-refractivity contribution in [2.75, 3.05) is 19.6 Å². The highest BCUT2D eigenvalue weighted by atomic mass is 16.6. The zero-order valence-corrected chi connectivity index (χ0v) is 12.9. The second-order valence-corrected chi connectivity index (χ2v) is 6.49. The maximum atomic E-state index is 12.2. The van der Waals surface area contributed by atoms with E-state index in [0.29, 0.717) is 19.0 Å². The highest BCUT2D eigenvalue weighted by Gasteiger charge is 2.46. The fourth-order valence-corrected chi connectivity index (χ4v) is 3.50. The summed E-state index contributed by atoms with van der Waals surface area (Å²) in [5, 5.41) is 3.37. The number of benzene rings is 1. The van der Waals surface area contributed by atoms with Gasteiger partial charge in [0.15, 0.2) is 0 Å². The van der Waals surface area contributed by atoms with E-state index in [4.69, 9.17) is 4.74 Å². The van der Waals surface area contributed by atoms with Crippen molar-refractivity contribution >= 4 is 6.09 Å². The highest BCUT2D eigenvalue weighted by molar-refractivity contribution is 5.70. The topological polar surface area (TPSA) is 41.6 Å². The number of piperidine rings is 1. The summed E-state index contributed by atoms with van der Waals surface area (Å²) in [6, 6.07) is 8.22. The molecule has 0 bridgehead atoms. The van der Waals surface area contributed by atoms with Crippen LogP contribution in [0.4, 0.5) is 4.79 Å². The van der Waals surface area contributed by atoms with Crippen LogP contribution in [-0.2, 0) is 11.3 Å². The smallest absolute Gasteiger partial charge is 0.410 e. The van der Waals surface area contributed by atoms with E-state index in [0.717, 1.165) is 25.9 Å². The summed E-state index contributed by atoms with van der Waals surface area (Å²) in [5.74, 6) is 0.463. The maximum Gasteiger partial charge on any atom is 0.410 e. The van der Waals surface area contributed by atoms with Crippen molar-refractivity contribution < 1.29 is 9.53 Å². The summed E-state index contributed by atoms with van der Waals surface area (Å²) in [7, 11) is 0. The molecule has 1 amide bonds. The predicted molar refractivity (Wildman–Crippen MR) is 82.1 cm³/mol. The van der Waals surface area contributed by atoms with Gasteiger partial charge in [0.05, 0.1) is 6.54 Å². The van der Waals surface area contributed by atoms with Gasteiger partial charge in [-0.15, -0.1) is 0 Å². The van der Waals surface area contributed by atoms with Crippen molar-refractivity contribution in [1.29, 1.82) is 0 Å². The number of amides is 1. The van der Waals surface area contributed by atoms with Gasteiger partial charge in [-0.25, -0.2) is 4.79 Å². The molecule has 0 spiro atoms. The maximum absolute atomic E-state index is 12.2. The Morgan fingerprint density at radius 3 is 2.76 bits per heavy atom. The summed E-state index contributed by atoms with van der Waals surface area (Å²) >= 11 is 0. The van der Waals surface area contributed by atoms with Gasteiger partial charge >= 0.3 is 6.09 Å². The SMILES string of the molecule is Cc1ccccc1CN1CC(C)(C2CCNCC2)OC1=O. The molecule has 2 aliphatic heterocycles. The lowest BCUT2D eigenvalue weighted by Gasteiger charge is -2.34. The van der Waals surface area contributed by atoms with Gasteiger partial charge in [0, 0.05) is 12.5 Å². The molecule has 2 aliphatic rings. The Morgan fingerprint density at radius 2 is 2.05 bits per heavy atom. The van der Waals surface area contributed by atoms with E-state index in [-0.39, 0.29) is 11.7 Å². The lowest BCUT2D eigenvalue weighted by Crippen LogP contribution is -2.44. The molecule has 1 atom stereocenters. The number of hydrogen-bond donors (Lipinski definition) is 1. The minimum absolute atomic E-state index is 0.167. The highest BCUT2D eigenvalue weighted by Crippen LogP contribution is 2.35. The van der Waals surface area contributed by atoms with E-state index in [1.165, 1.54) is 11.1 Å². The van der Waals surface area contributed by atoms with Crippen molar-refractivity contribution in [3.8, 4) is 0 Å². The summed E-state index contributed by atoms with van der Waals surface area (Å²) in [5.41, 5.74) is 2.09. The molecule has 1 N–H and O–H groups in total. The van der Waals surface area contributed by atoms with E-state index in [9.17, 15) is 4.79 Å². The number of rotatable bonds is 3. The lowest BCUT2D eigenvalue weighted by molar-refractivity contribution is 0.00943. The van der Waals surface area contributed by atoms with Crippen molar-refractivity contribution in [2.24, 2.45) is 5.92 Å². The van der Waals surface area contributed by atoms with Gasteiger partial charge in [-0.05, 0) is 50.9 Å². The van der Waals surface area contributed by atoms with Crippen LogP contribution in [0.25, 0.3) is 0 Å². The van der Waals surface area contributed by atoms with E-state index < -0.39 is 0 Å². The van der Waals surface area contributed by atoms with Gasteiger partial charge in [-0.1, -0.05) is 24.3 Å². The molecule has 4 heteroatoms. The van der Waals surface area contributed by atoms with E-state index in [1.54, 1.807) is 0 Å². The summed E-state index contributed by atoms with van der Waals surface area (Å²) in [6.07, 6.45) is 2.00. The van der Waals surface area contributed by atoms with Crippen LogP contribution >= 0.6 is 0 Å². The van der Waals surface area contributed by atoms with Gasteiger partial charge in [0.2, 0.25) is 0 Å². The number of cyclic esters (lactones) is 1. The second kappa shape index (κ2) is 5.68. The standard InChI is InChI=1S/C17H24N2O2/c1-13-5-3-4-6-14(13)11-19-12-17(2,21-16(19)20)15-7-9-18-10-8-15/h3-6,15,18H,7-12H2,1-2H3. The average molecular weight is 288 g/mol. The number of nitrogens with zero attached hydrogens (tertiary/aromatic N) is 1. The van der Waals surface area contributed by atoms with E-state index >= 15 is 0 Å². The third kappa shape index (κ3) is 2.91. The lowest BCUT2D eigenvalue weighted by atomic mass is 9.82. The molecule has 1 aromatic carbocycles. The van der Waals surface area contributed by atoms with Crippen molar-refractivity contribution in [2.45, 2.75) is 38.8 Å². The molecule has 1 unspecified atom stereocenters. The van der Waals surface area contributed by atoms with Crippen LogP contribution in [0, 0.1) is 12.8 Å².